The fourth-order valence-corrected chi connectivity index (χ4v) is 2.54. The van der Waals surface area contributed by atoms with Gasteiger partial charge in [0.15, 0.2) is 0 Å². The van der Waals surface area contributed by atoms with E-state index in [1.54, 1.807) is 18.2 Å². The molecule has 0 aromatic heterocycles. The van der Waals surface area contributed by atoms with E-state index in [0.717, 1.165) is 11.6 Å². The Hall–Kier alpha value is -2.67. The Morgan fingerprint density at radius 3 is 2.64 bits per heavy atom. The smallest absolute Gasteiger partial charge is 0.295 e. The third kappa shape index (κ3) is 4.24. The molecule has 25 heavy (non-hydrogen) atoms. The van der Waals surface area contributed by atoms with E-state index in [-0.39, 0.29) is 17.8 Å². The lowest BCUT2D eigenvalue weighted by Gasteiger charge is -2.26. The number of carbonyl (C=O) groups excluding carboxylic acids is 1. The van der Waals surface area contributed by atoms with Crippen molar-refractivity contribution in [1.82, 2.24) is 5.32 Å². The molecule has 0 spiro atoms. The van der Waals surface area contributed by atoms with Crippen molar-refractivity contribution in [3.05, 3.63) is 68.5 Å². The number of anilines is 1. The molecule has 0 aliphatic heterocycles. The molecule has 132 valence electrons. The number of amides is 1. The first-order chi connectivity index (χ1) is 11.6. The number of carbonyl (C=O) groups is 1. The number of nitro benzene ring substituents is 1. The Kier molecular flexibility index (Phi) is 5.27. The highest BCUT2D eigenvalue weighted by atomic mass is 35.5. The van der Waals surface area contributed by atoms with E-state index < -0.39 is 27.8 Å². The number of nitrogen functional groups attached to an aromatic ring is 1. The number of hydrogen-bond donors (Lipinski definition) is 2. The van der Waals surface area contributed by atoms with Crippen LogP contribution in [0.2, 0.25) is 5.02 Å². The first-order valence-corrected chi connectivity index (χ1v) is 7.77. The van der Waals surface area contributed by atoms with Crippen molar-refractivity contribution in [1.29, 1.82) is 0 Å². The average Bonchev–Trinajstić information content (AvgIpc) is 2.54. The molecule has 0 saturated heterocycles. The number of nitro groups is 1. The molecule has 0 heterocycles. The highest BCUT2D eigenvalue weighted by Gasteiger charge is 2.25. The standard InChI is InChI=1S/C17H17ClFN3O3/c1-17(2,10-4-3-5-11(18)6-10)9-21-16(23)13-7-12(19)8-14(15(13)20)22(24)25/h3-8H,9,20H2,1-2H3,(H,21,23). The zero-order valence-electron chi connectivity index (χ0n) is 13.7. The number of nitrogens with zero attached hydrogens (tertiary/aromatic N) is 1. The van der Waals surface area contributed by atoms with Crippen LogP contribution in [-0.4, -0.2) is 17.4 Å². The zero-order chi connectivity index (χ0) is 18.8. The Balaban J connectivity index is 2.22. The summed E-state index contributed by atoms with van der Waals surface area (Å²) < 4.78 is 13.6. The van der Waals surface area contributed by atoms with Gasteiger partial charge in [0.05, 0.1) is 16.6 Å². The molecule has 0 aliphatic rings. The van der Waals surface area contributed by atoms with Crippen molar-refractivity contribution < 1.29 is 14.1 Å². The minimum atomic E-state index is -0.903. The van der Waals surface area contributed by atoms with Gasteiger partial charge in [0.25, 0.3) is 11.6 Å². The molecule has 0 aliphatic carbocycles. The summed E-state index contributed by atoms with van der Waals surface area (Å²) in [5, 5.41) is 14.1. The summed E-state index contributed by atoms with van der Waals surface area (Å²) in [4.78, 5) is 22.4. The monoisotopic (exact) mass is 365 g/mol. The van der Waals surface area contributed by atoms with Crippen LogP contribution in [-0.2, 0) is 5.41 Å². The molecule has 8 heteroatoms. The fourth-order valence-electron chi connectivity index (χ4n) is 2.35. The SMILES string of the molecule is CC(C)(CNC(=O)c1cc(F)cc([N+](=O)[O-])c1N)c1cccc(Cl)c1. The van der Waals surface area contributed by atoms with Gasteiger partial charge in [-0.1, -0.05) is 37.6 Å². The Bertz CT molecular complexity index is 840. The first-order valence-electron chi connectivity index (χ1n) is 7.39. The van der Waals surface area contributed by atoms with Crippen LogP contribution in [0.25, 0.3) is 0 Å². The number of halogens is 2. The number of rotatable bonds is 5. The first kappa shape index (κ1) is 18.7. The summed E-state index contributed by atoms with van der Waals surface area (Å²) in [5.74, 6) is -1.59. The van der Waals surface area contributed by atoms with Crippen LogP contribution in [0.4, 0.5) is 15.8 Å². The average molecular weight is 366 g/mol. The minimum absolute atomic E-state index is 0.204. The van der Waals surface area contributed by atoms with E-state index in [1.165, 1.54) is 0 Å². The second kappa shape index (κ2) is 7.06. The minimum Gasteiger partial charge on any atom is -0.393 e. The molecule has 0 saturated carbocycles. The van der Waals surface area contributed by atoms with E-state index in [2.05, 4.69) is 5.32 Å². The largest absolute Gasteiger partial charge is 0.393 e. The Morgan fingerprint density at radius 1 is 1.36 bits per heavy atom. The maximum atomic E-state index is 13.6. The summed E-state index contributed by atoms with van der Waals surface area (Å²) in [6.45, 7) is 4.00. The van der Waals surface area contributed by atoms with Crippen molar-refractivity contribution in [2.75, 3.05) is 12.3 Å². The molecular weight excluding hydrogens is 349 g/mol. The maximum Gasteiger partial charge on any atom is 0.295 e. The summed E-state index contributed by atoms with van der Waals surface area (Å²) >= 11 is 5.99. The van der Waals surface area contributed by atoms with Gasteiger partial charge in [-0.25, -0.2) is 4.39 Å². The van der Waals surface area contributed by atoms with Crippen LogP contribution in [0.3, 0.4) is 0 Å². The van der Waals surface area contributed by atoms with Gasteiger partial charge in [-0.3, -0.25) is 14.9 Å². The second-order valence-corrected chi connectivity index (χ2v) is 6.66. The quantitative estimate of drug-likeness (QED) is 0.479. The van der Waals surface area contributed by atoms with Crippen LogP contribution in [0.15, 0.2) is 36.4 Å². The van der Waals surface area contributed by atoms with Crippen molar-refractivity contribution in [2.45, 2.75) is 19.3 Å². The topological polar surface area (TPSA) is 98.3 Å². The lowest BCUT2D eigenvalue weighted by Crippen LogP contribution is -2.37. The van der Waals surface area contributed by atoms with Crippen molar-refractivity contribution in [2.24, 2.45) is 0 Å². The van der Waals surface area contributed by atoms with E-state index in [1.807, 2.05) is 19.9 Å². The molecule has 0 unspecified atom stereocenters. The van der Waals surface area contributed by atoms with Crippen LogP contribution in [0.5, 0.6) is 0 Å². The van der Waals surface area contributed by atoms with Gasteiger partial charge in [-0.2, -0.15) is 0 Å². The predicted molar refractivity (Wildman–Crippen MR) is 94.3 cm³/mol. The van der Waals surface area contributed by atoms with Crippen LogP contribution in [0.1, 0.15) is 29.8 Å². The molecule has 0 fully saturated rings. The van der Waals surface area contributed by atoms with Crippen molar-refractivity contribution in [3.63, 3.8) is 0 Å². The zero-order valence-corrected chi connectivity index (χ0v) is 14.4. The van der Waals surface area contributed by atoms with Crippen LogP contribution in [0, 0.1) is 15.9 Å². The lowest BCUT2D eigenvalue weighted by molar-refractivity contribution is -0.384. The molecule has 2 rings (SSSR count). The Morgan fingerprint density at radius 2 is 2.04 bits per heavy atom. The predicted octanol–water partition coefficient (Wildman–Crippen LogP) is 3.68. The number of nitrogens with two attached hydrogens (primary N) is 1. The number of benzene rings is 2. The molecule has 2 aromatic rings. The van der Waals surface area contributed by atoms with Crippen molar-refractivity contribution in [3.8, 4) is 0 Å². The van der Waals surface area contributed by atoms with E-state index in [9.17, 15) is 19.3 Å². The van der Waals surface area contributed by atoms with E-state index in [0.29, 0.717) is 11.1 Å². The second-order valence-electron chi connectivity index (χ2n) is 6.22. The number of hydrogen-bond acceptors (Lipinski definition) is 4. The molecule has 0 bridgehead atoms. The molecule has 6 nitrogen and oxygen atoms in total. The van der Waals surface area contributed by atoms with Crippen molar-refractivity contribution >= 4 is 28.9 Å². The molecule has 3 N–H and O–H groups in total. The highest BCUT2D eigenvalue weighted by molar-refractivity contribution is 6.30. The molecule has 0 radical (unpaired) electrons. The van der Waals surface area contributed by atoms with Gasteiger partial charge in [0.2, 0.25) is 0 Å². The molecule has 1 amide bonds. The van der Waals surface area contributed by atoms with E-state index >= 15 is 0 Å². The third-order valence-corrected chi connectivity index (χ3v) is 4.10. The molecule has 2 aromatic carbocycles. The van der Waals surface area contributed by atoms with Gasteiger partial charge >= 0.3 is 0 Å². The summed E-state index contributed by atoms with van der Waals surface area (Å²) in [6.07, 6.45) is 0. The normalized spacial score (nSPS) is 11.2. The van der Waals surface area contributed by atoms with Gasteiger partial charge in [-0.05, 0) is 23.8 Å². The van der Waals surface area contributed by atoms with Crippen LogP contribution >= 0.6 is 11.6 Å². The molecule has 0 atom stereocenters. The van der Waals surface area contributed by atoms with E-state index in [4.69, 9.17) is 17.3 Å². The summed E-state index contributed by atoms with van der Waals surface area (Å²) in [6, 6.07) is 8.77. The maximum absolute atomic E-state index is 13.6. The lowest BCUT2D eigenvalue weighted by atomic mass is 9.84. The summed E-state index contributed by atoms with van der Waals surface area (Å²) in [5.41, 5.74) is 4.80. The fraction of sp³-hybridized carbons (Fsp3) is 0.235. The van der Waals surface area contributed by atoms with Crippen LogP contribution < -0.4 is 11.1 Å². The van der Waals surface area contributed by atoms with Gasteiger partial charge in [-0.15, -0.1) is 0 Å². The Labute approximate surface area is 148 Å². The highest BCUT2D eigenvalue weighted by Crippen LogP contribution is 2.28. The van der Waals surface area contributed by atoms with Gasteiger partial charge in [0, 0.05) is 17.0 Å². The molecular formula is C17H17ClFN3O3. The summed E-state index contributed by atoms with van der Waals surface area (Å²) in [7, 11) is 0. The van der Waals surface area contributed by atoms with Gasteiger partial charge < -0.3 is 11.1 Å². The van der Waals surface area contributed by atoms with Gasteiger partial charge in [0.1, 0.15) is 11.5 Å². The number of nitrogens with one attached hydrogen (secondary N) is 1. The third-order valence-electron chi connectivity index (χ3n) is 3.86.